The van der Waals surface area contributed by atoms with Gasteiger partial charge in [-0.05, 0) is 30.2 Å². The molecule has 0 amide bonds. The SMILES string of the molecule is CC(=O)C(Cl)c1cc(S)cc(CBr)c1. The van der Waals surface area contributed by atoms with E-state index in [1.807, 2.05) is 18.2 Å². The van der Waals surface area contributed by atoms with Gasteiger partial charge in [0.15, 0.2) is 5.78 Å². The molecule has 1 nitrogen and oxygen atoms in total. The van der Waals surface area contributed by atoms with Crippen LogP contribution < -0.4 is 0 Å². The number of thiol groups is 1. The van der Waals surface area contributed by atoms with Crippen LogP contribution in [-0.4, -0.2) is 5.78 Å². The van der Waals surface area contributed by atoms with Gasteiger partial charge in [-0.1, -0.05) is 22.0 Å². The maximum atomic E-state index is 11.1. The molecule has 1 atom stereocenters. The first-order valence-corrected chi connectivity index (χ1v) is 6.08. The van der Waals surface area contributed by atoms with Gasteiger partial charge in [0.05, 0.1) is 0 Å². The quantitative estimate of drug-likeness (QED) is 0.663. The third kappa shape index (κ3) is 3.01. The number of Topliss-reactive ketones (excluding diaryl/α,β-unsaturated/α-hetero) is 1. The van der Waals surface area contributed by atoms with Gasteiger partial charge in [0.2, 0.25) is 0 Å². The minimum atomic E-state index is -0.570. The smallest absolute Gasteiger partial charge is 0.152 e. The number of hydrogen-bond acceptors (Lipinski definition) is 2. The van der Waals surface area contributed by atoms with Crippen molar-refractivity contribution in [3.05, 3.63) is 29.3 Å². The lowest BCUT2D eigenvalue weighted by molar-refractivity contribution is -0.116. The van der Waals surface area contributed by atoms with Crippen LogP contribution in [0.3, 0.4) is 0 Å². The fraction of sp³-hybridized carbons (Fsp3) is 0.300. The van der Waals surface area contributed by atoms with Crippen LogP contribution in [0.4, 0.5) is 0 Å². The highest BCUT2D eigenvalue weighted by atomic mass is 79.9. The molecule has 0 aliphatic heterocycles. The lowest BCUT2D eigenvalue weighted by atomic mass is 10.1. The number of carbonyl (C=O) groups is 1. The number of benzene rings is 1. The third-order valence-electron chi connectivity index (χ3n) is 1.80. The normalized spacial score (nSPS) is 12.6. The van der Waals surface area contributed by atoms with Crippen molar-refractivity contribution in [2.24, 2.45) is 0 Å². The van der Waals surface area contributed by atoms with E-state index in [4.69, 9.17) is 11.6 Å². The number of rotatable bonds is 3. The van der Waals surface area contributed by atoms with Crippen LogP contribution in [0.5, 0.6) is 0 Å². The van der Waals surface area contributed by atoms with Crippen LogP contribution >= 0.6 is 40.2 Å². The number of carbonyl (C=O) groups excluding carboxylic acids is 1. The summed E-state index contributed by atoms with van der Waals surface area (Å²) in [5.41, 5.74) is 1.88. The van der Waals surface area contributed by atoms with E-state index in [1.165, 1.54) is 6.92 Å². The van der Waals surface area contributed by atoms with E-state index >= 15 is 0 Å². The Morgan fingerprint density at radius 3 is 2.71 bits per heavy atom. The number of hydrogen-bond donors (Lipinski definition) is 1. The van der Waals surface area contributed by atoms with Gasteiger partial charge < -0.3 is 0 Å². The maximum Gasteiger partial charge on any atom is 0.152 e. The van der Waals surface area contributed by atoms with Crippen molar-refractivity contribution in [3.8, 4) is 0 Å². The zero-order valence-corrected chi connectivity index (χ0v) is 10.9. The summed E-state index contributed by atoms with van der Waals surface area (Å²) in [6, 6.07) is 5.66. The molecule has 14 heavy (non-hydrogen) atoms. The van der Waals surface area contributed by atoms with Gasteiger partial charge in [-0.15, -0.1) is 24.2 Å². The Kier molecular flexibility index (Phi) is 4.48. The van der Waals surface area contributed by atoms with Crippen molar-refractivity contribution < 1.29 is 4.79 Å². The van der Waals surface area contributed by atoms with E-state index < -0.39 is 5.38 Å². The van der Waals surface area contributed by atoms with E-state index in [0.29, 0.717) is 0 Å². The van der Waals surface area contributed by atoms with Crippen molar-refractivity contribution in [2.45, 2.75) is 22.5 Å². The summed E-state index contributed by atoms with van der Waals surface area (Å²) >= 11 is 13.5. The summed E-state index contributed by atoms with van der Waals surface area (Å²) in [6.07, 6.45) is 0. The van der Waals surface area contributed by atoms with E-state index in [0.717, 1.165) is 21.4 Å². The molecule has 0 heterocycles. The molecule has 0 aliphatic rings. The summed E-state index contributed by atoms with van der Waals surface area (Å²) in [6.45, 7) is 1.48. The minimum absolute atomic E-state index is 0.0499. The Morgan fingerprint density at radius 1 is 1.57 bits per heavy atom. The predicted molar refractivity (Wildman–Crippen MR) is 65.6 cm³/mol. The molecule has 0 radical (unpaired) electrons. The first kappa shape index (κ1) is 12.1. The third-order valence-corrected chi connectivity index (χ3v) is 3.27. The molecule has 1 unspecified atom stereocenters. The highest BCUT2D eigenvalue weighted by Crippen LogP contribution is 2.25. The average Bonchev–Trinajstić information content (AvgIpc) is 2.15. The first-order valence-electron chi connectivity index (χ1n) is 4.08. The Labute approximate surface area is 102 Å². The lowest BCUT2D eigenvalue weighted by Gasteiger charge is -2.08. The molecule has 0 aromatic heterocycles. The number of alkyl halides is 2. The van der Waals surface area contributed by atoms with Crippen LogP contribution in [0.1, 0.15) is 23.4 Å². The van der Waals surface area contributed by atoms with E-state index in [1.54, 1.807) is 0 Å². The molecular formula is C10H10BrClOS. The molecule has 0 saturated carbocycles. The minimum Gasteiger partial charge on any atom is -0.298 e. The maximum absolute atomic E-state index is 11.1. The van der Waals surface area contributed by atoms with Gasteiger partial charge in [-0.2, -0.15) is 0 Å². The Balaban J connectivity index is 3.08. The molecule has 0 saturated heterocycles. The van der Waals surface area contributed by atoms with Crippen LogP contribution in [0.2, 0.25) is 0 Å². The largest absolute Gasteiger partial charge is 0.298 e. The van der Waals surface area contributed by atoms with Gasteiger partial charge in [0.25, 0.3) is 0 Å². The molecule has 1 rings (SSSR count). The second-order valence-corrected chi connectivity index (χ2v) is 4.55. The number of ketones is 1. The molecule has 4 heteroatoms. The lowest BCUT2D eigenvalue weighted by Crippen LogP contribution is -2.02. The van der Waals surface area contributed by atoms with Crippen molar-refractivity contribution in [1.82, 2.24) is 0 Å². The fourth-order valence-electron chi connectivity index (χ4n) is 1.16. The summed E-state index contributed by atoms with van der Waals surface area (Å²) < 4.78 is 0. The molecule has 0 spiro atoms. The van der Waals surface area contributed by atoms with E-state index in [9.17, 15) is 4.79 Å². The topological polar surface area (TPSA) is 17.1 Å². The van der Waals surface area contributed by atoms with Crippen molar-refractivity contribution in [1.29, 1.82) is 0 Å². The van der Waals surface area contributed by atoms with Gasteiger partial charge >= 0.3 is 0 Å². The van der Waals surface area contributed by atoms with Crippen LogP contribution in [0.25, 0.3) is 0 Å². The molecule has 1 aromatic carbocycles. The van der Waals surface area contributed by atoms with Gasteiger partial charge in [0, 0.05) is 10.2 Å². The fourth-order valence-corrected chi connectivity index (χ4v) is 1.92. The zero-order chi connectivity index (χ0) is 10.7. The summed E-state index contributed by atoms with van der Waals surface area (Å²) in [7, 11) is 0. The van der Waals surface area contributed by atoms with Gasteiger partial charge in [-0.25, -0.2) is 0 Å². The van der Waals surface area contributed by atoms with Crippen LogP contribution in [0.15, 0.2) is 23.1 Å². The molecular weight excluding hydrogens is 284 g/mol. The summed E-state index contributed by atoms with van der Waals surface area (Å²) in [5.74, 6) is -0.0499. The van der Waals surface area contributed by atoms with Crippen LogP contribution in [0, 0.1) is 0 Å². The van der Waals surface area contributed by atoms with Gasteiger partial charge in [-0.3, -0.25) is 4.79 Å². The molecule has 76 valence electrons. The summed E-state index contributed by atoms with van der Waals surface area (Å²) in [4.78, 5) is 11.9. The Morgan fingerprint density at radius 2 is 2.21 bits per heavy atom. The first-order chi connectivity index (χ1) is 6.54. The Bertz CT molecular complexity index is 354. The Hall–Kier alpha value is 0.01000. The molecule has 0 N–H and O–H groups in total. The second-order valence-electron chi connectivity index (χ2n) is 3.04. The molecule has 1 aromatic rings. The summed E-state index contributed by atoms with van der Waals surface area (Å²) in [5, 5.41) is 0.163. The standard InChI is InChI=1S/C10H10BrClOS/c1-6(13)10(12)8-2-7(5-11)3-9(14)4-8/h2-4,10,14H,5H2,1H3. The zero-order valence-electron chi connectivity index (χ0n) is 7.63. The molecule has 0 fully saturated rings. The molecule has 0 bridgehead atoms. The van der Waals surface area contributed by atoms with E-state index in [-0.39, 0.29) is 5.78 Å². The van der Waals surface area contributed by atoms with Gasteiger partial charge in [0.1, 0.15) is 5.38 Å². The van der Waals surface area contributed by atoms with Crippen molar-refractivity contribution >= 4 is 45.9 Å². The van der Waals surface area contributed by atoms with Crippen molar-refractivity contribution in [2.75, 3.05) is 0 Å². The molecule has 0 aliphatic carbocycles. The number of halogens is 2. The monoisotopic (exact) mass is 292 g/mol. The second kappa shape index (κ2) is 5.19. The van der Waals surface area contributed by atoms with Crippen LogP contribution in [-0.2, 0) is 10.1 Å². The highest BCUT2D eigenvalue weighted by molar-refractivity contribution is 9.08. The van der Waals surface area contributed by atoms with E-state index in [2.05, 4.69) is 28.6 Å². The highest BCUT2D eigenvalue weighted by Gasteiger charge is 2.13. The predicted octanol–water partition coefficient (Wildman–Crippen LogP) is 3.74. The van der Waals surface area contributed by atoms with Crippen molar-refractivity contribution in [3.63, 3.8) is 0 Å². The average molecular weight is 294 g/mol.